The number of nitrogens with one attached hydrogen (secondary N) is 1. The molecule has 1 aromatic rings. The summed E-state index contributed by atoms with van der Waals surface area (Å²) in [6.07, 6.45) is 3.38. The van der Waals surface area contributed by atoms with E-state index in [0.29, 0.717) is 18.9 Å². The van der Waals surface area contributed by atoms with Gasteiger partial charge in [0.2, 0.25) is 5.91 Å². The molecule has 1 heterocycles. The van der Waals surface area contributed by atoms with E-state index in [1.807, 2.05) is 12.1 Å². The lowest BCUT2D eigenvalue weighted by atomic mass is 9.96. The standard InChI is InChI=1S/C15H21NO3/c17-14-3-1-12(2-4-14)5-8-16-15(18)11-13-6-9-19-10-7-13/h1-4,13,17H,5-11H2,(H,16,18). The van der Waals surface area contributed by atoms with Gasteiger partial charge >= 0.3 is 0 Å². The summed E-state index contributed by atoms with van der Waals surface area (Å²) >= 11 is 0. The van der Waals surface area contributed by atoms with Crippen molar-refractivity contribution in [3.63, 3.8) is 0 Å². The van der Waals surface area contributed by atoms with E-state index < -0.39 is 0 Å². The normalized spacial score (nSPS) is 16.2. The van der Waals surface area contributed by atoms with Crippen LogP contribution in [-0.4, -0.2) is 30.8 Å². The summed E-state index contributed by atoms with van der Waals surface area (Å²) in [7, 11) is 0. The maximum atomic E-state index is 11.8. The smallest absolute Gasteiger partial charge is 0.220 e. The number of rotatable bonds is 5. The summed E-state index contributed by atoms with van der Waals surface area (Å²) in [4.78, 5) is 11.8. The second kappa shape index (κ2) is 7.14. The number of hydrogen-bond donors (Lipinski definition) is 2. The molecule has 0 saturated carbocycles. The Labute approximate surface area is 113 Å². The summed E-state index contributed by atoms with van der Waals surface area (Å²) in [6, 6.07) is 7.08. The molecule has 1 saturated heterocycles. The van der Waals surface area contributed by atoms with Crippen LogP contribution in [0.4, 0.5) is 0 Å². The molecule has 0 atom stereocenters. The van der Waals surface area contributed by atoms with Gasteiger partial charge in [0.1, 0.15) is 5.75 Å². The maximum absolute atomic E-state index is 11.8. The number of phenolic OH excluding ortho intramolecular Hbond substituents is 1. The Morgan fingerprint density at radius 3 is 2.63 bits per heavy atom. The Morgan fingerprint density at radius 2 is 1.95 bits per heavy atom. The lowest BCUT2D eigenvalue weighted by Gasteiger charge is -2.21. The molecule has 1 aliphatic rings. The molecule has 104 valence electrons. The molecule has 0 unspecified atom stereocenters. The van der Waals surface area contributed by atoms with Gasteiger partial charge in [-0.3, -0.25) is 4.79 Å². The molecule has 2 rings (SSSR count). The quantitative estimate of drug-likeness (QED) is 0.852. The van der Waals surface area contributed by atoms with Crippen LogP contribution in [0, 0.1) is 5.92 Å². The summed E-state index contributed by atoms with van der Waals surface area (Å²) in [6.45, 7) is 2.21. The fourth-order valence-electron chi connectivity index (χ4n) is 2.29. The van der Waals surface area contributed by atoms with E-state index in [1.54, 1.807) is 12.1 Å². The molecule has 2 N–H and O–H groups in total. The van der Waals surface area contributed by atoms with Gasteiger partial charge in [0.05, 0.1) is 0 Å². The zero-order valence-electron chi connectivity index (χ0n) is 11.1. The summed E-state index contributed by atoms with van der Waals surface area (Å²) in [5, 5.41) is 12.1. The van der Waals surface area contributed by atoms with Crippen molar-refractivity contribution in [3.8, 4) is 5.75 Å². The lowest BCUT2D eigenvalue weighted by molar-refractivity contribution is -0.122. The highest BCUT2D eigenvalue weighted by atomic mass is 16.5. The first-order valence-electron chi connectivity index (χ1n) is 6.86. The summed E-state index contributed by atoms with van der Waals surface area (Å²) in [5.41, 5.74) is 1.11. The van der Waals surface area contributed by atoms with E-state index in [4.69, 9.17) is 4.74 Å². The van der Waals surface area contributed by atoms with Crippen LogP contribution in [0.15, 0.2) is 24.3 Å². The van der Waals surface area contributed by atoms with Crippen LogP contribution in [0.25, 0.3) is 0 Å². The van der Waals surface area contributed by atoms with E-state index in [1.165, 1.54) is 0 Å². The predicted octanol–water partition coefficient (Wildman–Crippen LogP) is 1.87. The van der Waals surface area contributed by atoms with E-state index in [0.717, 1.165) is 38.0 Å². The Kier molecular flexibility index (Phi) is 5.21. The number of carbonyl (C=O) groups is 1. The zero-order chi connectivity index (χ0) is 13.5. The van der Waals surface area contributed by atoms with Crippen molar-refractivity contribution in [2.75, 3.05) is 19.8 Å². The third-order valence-electron chi connectivity index (χ3n) is 3.49. The number of hydrogen-bond acceptors (Lipinski definition) is 3. The van der Waals surface area contributed by atoms with Crippen molar-refractivity contribution in [2.45, 2.75) is 25.7 Å². The van der Waals surface area contributed by atoms with E-state index in [9.17, 15) is 9.90 Å². The van der Waals surface area contributed by atoms with E-state index in [2.05, 4.69) is 5.32 Å². The predicted molar refractivity (Wildman–Crippen MR) is 73.0 cm³/mol. The lowest BCUT2D eigenvalue weighted by Crippen LogP contribution is -2.29. The van der Waals surface area contributed by atoms with E-state index in [-0.39, 0.29) is 11.7 Å². The molecule has 0 bridgehead atoms. The van der Waals surface area contributed by atoms with Crippen molar-refractivity contribution < 1.29 is 14.6 Å². The van der Waals surface area contributed by atoms with Crippen molar-refractivity contribution in [3.05, 3.63) is 29.8 Å². The molecule has 0 aromatic heterocycles. The average Bonchev–Trinajstić information content (AvgIpc) is 2.42. The Hall–Kier alpha value is -1.55. The third kappa shape index (κ3) is 4.91. The zero-order valence-corrected chi connectivity index (χ0v) is 11.1. The maximum Gasteiger partial charge on any atom is 0.220 e. The van der Waals surface area contributed by atoms with Crippen molar-refractivity contribution in [2.24, 2.45) is 5.92 Å². The van der Waals surface area contributed by atoms with Crippen molar-refractivity contribution in [1.29, 1.82) is 0 Å². The van der Waals surface area contributed by atoms with Gasteiger partial charge in [-0.1, -0.05) is 12.1 Å². The van der Waals surface area contributed by atoms with Crippen molar-refractivity contribution in [1.82, 2.24) is 5.32 Å². The summed E-state index contributed by atoms with van der Waals surface area (Å²) in [5.74, 6) is 0.875. The molecule has 1 amide bonds. The minimum absolute atomic E-state index is 0.130. The molecule has 1 fully saturated rings. The number of benzene rings is 1. The average molecular weight is 263 g/mol. The van der Waals surface area contributed by atoms with Gasteiger partial charge < -0.3 is 15.2 Å². The second-order valence-electron chi connectivity index (χ2n) is 5.03. The first-order chi connectivity index (χ1) is 9.24. The highest BCUT2D eigenvalue weighted by Gasteiger charge is 2.16. The SMILES string of the molecule is O=C(CC1CCOCC1)NCCc1ccc(O)cc1. The van der Waals surface area contributed by atoms with Crippen LogP contribution in [0.5, 0.6) is 5.75 Å². The highest BCUT2D eigenvalue weighted by molar-refractivity contribution is 5.76. The molecular weight excluding hydrogens is 242 g/mol. The van der Waals surface area contributed by atoms with Crippen LogP contribution < -0.4 is 5.32 Å². The number of carbonyl (C=O) groups excluding carboxylic acids is 1. The highest BCUT2D eigenvalue weighted by Crippen LogP contribution is 2.18. The van der Waals surface area contributed by atoms with Gasteiger partial charge in [0, 0.05) is 26.2 Å². The third-order valence-corrected chi connectivity index (χ3v) is 3.49. The second-order valence-corrected chi connectivity index (χ2v) is 5.03. The van der Waals surface area contributed by atoms with Gasteiger partial charge in [-0.05, 0) is 42.9 Å². The molecule has 4 nitrogen and oxygen atoms in total. The van der Waals surface area contributed by atoms with Crippen LogP contribution in [0.1, 0.15) is 24.8 Å². The fourth-order valence-corrected chi connectivity index (χ4v) is 2.29. The molecule has 0 radical (unpaired) electrons. The van der Waals surface area contributed by atoms with Crippen LogP contribution >= 0.6 is 0 Å². The Bertz CT molecular complexity index is 396. The van der Waals surface area contributed by atoms with Crippen LogP contribution in [0.2, 0.25) is 0 Å². The monoisotopic (exact) mass is 263 g/mol. The van der Waals surface area contributed by atoms with Crippen LogP contribution in [0.3, 0.4) is 0 Å². The minimum atomic E-state index is 0.130. The molecule has 1 aromatic carbocycles. The summed E-state index contributed by atoms with van der Waals surface area (Å²) < 4.78 is 5.28. The molecule has 19 heavy (non-hydrogen) atoms. The Morgan fingerprint density at radius 1 is 1.26 bits per heavy atom. The molecule has 0 spiro atoms. The molecular formula is C15H21NO3. The topological polar surface area (TPSA) is 58.6 Å². The minimum Gasteiger partial charge on any atom is -0.508 e. The van der Waals surface area contributed by atoms with Gasteiger partial charge in [0.25, 0.3) is 0 Å². The fraction of sp³-hybridized carbons (Fsp3) is 0.533. The van der Waals surface area contributed by atoms with Crippen LogP contribution in [-0.2, 0) is 16.0 Å². The molecule has 1 aliphatic heterocycles. The van der Waals surface area contributed by atoms with Gasteiger partial charge in [-0.2, -0.15) is 0 Å². The number of phenols is 1. The molecule has 0 aliphatic carbocycles. The number of aromatic hydroxyl groups is 1. The first kappa shape index (κ1) is 13.9. The van der Waals surface area contributed by atoms with Gasteiger partial charge in [0.15, 0.2) is 0 Å². The van der Waals surface area contributed by atoms with Crippen molar-refractivity contribution >= 4 is 5.91 Å². The largest absolute Gasteiger partial charge is 0.508 e. The number of ether oxygens (including phenoxy) is 1. The van der Waals surface area contributed by atoms with E-state index >= 15 is 0 Å². The Balaban J connectivity index is 1.64. The molecule has 4 heteroatoms. The van der Waals surface area contributed by atoms with Gasteiger partial charge in [-0.15, -0.1) is 0 Å². The first-order valence-corrected chi connectivity index (χ1v) is 6.86. The van der Waals surface area contributed by atoms with Gasteiger partial charge in [-0.25, -0.2) is 0 Å². The number of amides is 1.